The number of nitrogens with zero attached hydrogens (tertiary/aromatic N) is 3. The molecule has 1 heterocycles. The predicted octanol–water partition coefficient (Wildman–Crippen LogP) is 3.52. The van der Waals surface area contributed by atoms with Gasteiger partial charge in [0.2, 0.25) is 5.91 Å². The molecule has 1 atom stereocenters. The second-order valence-electron chi connectivity index (χ2n) is 7.19. The summed E-state index contributed by atoms with van der Waals surface area (Å²) < 4.78 is 10.4. The normalized spacial score (nSPS) is 15.5. The fourth-order valence-corrected chi connectivity index (χ4v) is 3.75. The van der Waals surface area contributed by atoms with E-state index in [9.17, 15) is 9.59 Å². The van der Waals surface area contributed by atoms with Crippen molar-refractivity contribution >= 4 is 29.1 Å². The van der Waals surface area contributed by atoms with E-state index in [0.29, 0.717) is 30.3 Å². The Kier molecular flexibility index (Phi) is 7.65. The standard InChI is InChI=1S/C23H26ClN3O4/c1-16(28)26(11-12-30-2)15-23(29)27-22(19-9-4-5-10-20(19)24)14-21(25-27)17-7-6-8-18(13-17)31-3/h4-10,13,22H,11-12,14-15H2,1-3H3/t22-/m0/s1. The van der Waals surface area contributed by atoms with Crippen LogP contribution in [0, 0.1) is 0 Å². The lowest BCUT2D eigenvalue weighted by molar-refractivity contribution is -0.141. The lowest BCUT2D eigenvalue weighted by atomic mass is 9.98. The molecule has 1 aliphatic heterocycles. The highest BCUT2D eigenvalue weighted by Gasteiger charge is 2.35. The van der Waals surface area contributed by atoms with Crippen molar-refractivity contribution in [2.75, 3.05) is 33.9 Å². The van der Waals surface area contributed by atoms with E-state index < -0.39 is 0 Å². The fourth-order valence-electron chi connectivity index (χ4n) is 3.49. The zero-order valence-electron chi connectivity index (χ0n) is 17.9. The van der Waals surface area contributed by atoms with Crippen LogP contribution in [0.15, 0.2) is 53.6 Å². The molecule has 31 heavy (non-hydrogen) atoms. The number of rotatable bonds is 8. The van der Waals surface area contributed by atoms with Crippen molar-refractivity contribution in [2.45, 2.75) is 19.4 Å². The van der Waals surface area contributed by atoms with Gasteiger partial charge in [0, 0.05) is 37.6 Å². The Balaban J connectivity index is 1.93. The van der Waals surface area contributed by atoms with Gasteiger partial charge in [-0.3, -0.25) is 9.59 Å². The molecule has 0 saturated carbocycles. The summed E-state index contributed by atoms with van der Waals surface area (Å²) in [5, 5.41) is 6.65. The predicted molar refractivity (Wildman–Crippen MR) is 119 cm³/mol. The second-order valence-corrected chi connectivity index (χ2v) is 7.60. The van der Waals surface area contributed by atoms with E-state index in [4.69, 9.17) is 21.1 Å². The van der Waals surface area contributed by atoms with Gasteiger partial charge in [0.25, 0.3) is 5.91 Å². The number of hydrazone groups is 1. The zero-order valence-corrected chi connectivity index (χ0v) is 18.6. The molecule has 0 spiro atoms. The monoisotopic (exact) mass is 443 g/mol. The van der Waals surface area contributed by atoms with Crippen molar-refractivity contribution in [3.05, 3.63) is 64.7 Å². The van der Waals surface area contributed by atoms with Crippen LogP contribution < -0.4 is 4.74 Å². The van der Waals surface area contributed by atoms with E-state index in [2.05, 4.69) is 5.10 Å². The number of benzene rings is 2. The van der Waals surface area contributed by atoms with Crippen LogP contribution in [0.4, 0.5) is 0 Å². The largest absolute Gasteiger partial charge is 0.497 e. The molecule has 2 aromatic rings. The smallest absolute Gasteiger partial charge is 0.262 e. The van der Waals surface area contributed by atoms with Gasteiger partial charge in [-0.15, -0.1) is 0 Å². The van der Waals surface area contributed by atoms with Crippen molar-refractivity contribution in [1.29, 1.82) is 0 Å². The lowest BCUT2D eigenvalue weighted by Crippen LogP contribution is -2.41. The minimum Gasteiger partial charge on any atom is -0.497 e. The van der Waals surface area contributed by atoms with Crippen LogP contribution in [0.1, 0.15) is 30.5 Å². The van der Waals surface area contributed by atoms with Crippen LogP contribution >= 0.6 is 11.6 Å². The summed E-state index contributed by atoms with van der Waals surface area (Å²) in [4.78, 5) is 26.7. The van der Waals surface area contributed by atoms with Crippen LogP contribution in [-0.2, 0) is 14.3 Å². The molecule has 0 fully saturated rings. The molecule has 8 heteroatoms. The molecule has 0 saturated heterocycles. The number of amides is 2. The van der Waals surface area contributed by atoms with E-state index >= 15 is 0 Å². The molecule has 0 aliphatic carbocycles. The van der Waals surface area contributed by atoms with Gasteiger partial charge in [0.1, 0.15) is 12.3 Å². The van der Waals surface area contributed by atoms with Crippen LogP contribution in [0.2, 0.25) is 5.02 Å². The molecular weight excluding hydrogens is 418 g/mol. The average molecular weight is 444 g/mol. The van der Waals surface area contributed by atoms with Crippen molar-refractivity contribution in [2.24, 2.45) is 5.10 Å². The number of carbonyl (C=O) groups excluding carboxylic acids is 2. The van der Waals surface area contributed by atoms with Crippen molar-refractivity contribution in [3.8, 4) is 5.75 Å². The second kappa shape index (κ2) is 10.4. The molecule has 1 aliphatic rings. The third-order valence-corrected chi connectivity index (χ3v) is 5.51. The zero-order chi connectivity index (χ0) is 22.4. The summed E-state index contributed by atoms with van der Waals surface area (Å²) in [5.74, 6) is 0.228. The first-order chi connectivity index (χ1) is 14.9. The summed E-state index contributed by atoms with van der Waals surface area (Å²) in [7, 11) is 3.16. The maximum Gasteiger partial charge on any atom is 0.262 e. The van der Waals surface area contributed by atoms with E-state index in [1.54, 1.807) is 20.3 Å². The number of methoxy groups -OCH3 is 2. The highest BCUT2D eigenvalue weighted by molar-refractivity contribution is 6.31. The number of hydrogen-bond acceptors (Lipinski definition) is 5. The molecule has 0 radical (unpaired) electrons. The molecule has 0 bridgehead atoms. The Labute approximate surface area is 187 Å². The number of halogens is 1. The highest BCUT2D eigenvalue weighted by Crippen LogP contribution is 2.36. The molecule has 3 rings (SSSR count). The molecule has 0 aromatic heterocycles. The van der Waals surface area contributed by atoms with E-state index in [0.717, 1.165) is 16.8 Å². The molecule has 0 unspecified atom stereocenters. The minimum atomic E-state index is -0.362. The summed E-state index contributed by atoms with van der Waals surface area (Å²) in [6.45, 7) is 2.02. The van der Waals surface area contributed by atoms with Crippen LogP contribution in [-0.4, -0.2) is 61.4 Å². The van der Waals surface area contributed by atoms with Gasteiger partial charge in [-0.25, -0.2) is 5.01 Å². The highest BCUT2D eigenvalue weighted by atomic mass is 35.5. The Hall–Kier alpha value is -2.90. The molecule has 0 N–H and O–H groups in total. The first-order valence-corrected chi connectivity index (χ1v) is 10.3. The van der Waals surface area contributed by atoms with Crippen molar-refractivity contribution < 1.29 is 19.1 Å². The van der Waals surface area contributed by atoms with Gasteiger partial charge in [-0.2, -0.15) is 5.10 Å². The summed E-state index contributed by atoms with van der Waals surface area (Å²) in [6, 6.07) is 14.6. The minimum absolute atomic E-state index is 0.0888. The van der Waals surface area contributed by atoms with Crippen LogP contribution in [0.25, 0.3) is 0 Å². The van der Waals surface area contributed by atoms with E-state index in [1.807, 2.05) is 42.5 Å². The molecule has 7 nitrogen and oxygen atoms in total. The molecule has 2 aromatic carbocycles. The van der Waals surface area contributed by atoms with Gasteiger partial charge in [0.05, 0.1) is 25.5 Å². The van der Waals surface area contributed by atoms with Gasteiger partial charge in [0.15, 0.2) is 0 Å². The summed E-state index contributed by atoms with van der Waals surface area (Å²) >= 11 is 6.45. The van der Waals surface area contributed by atoms with Crippen LogP contribution in [0.5, 0.6) is 5.75 Å². The third kappa shape index (κ3) is 5.42. The average Bonchev–Trinajstić information content (AvgIpc) is 3.22. The lowest BCUT2D eigenvalue weighted by Gasteiger charge is -2.26. The van der Waals surface area contributed by atoms with Gasteiger partial charge >= 0.3 is 0 Å². The Morgan fingerprint density at radius 1 is 1.19 bits per heavy atom. The first kappa shape index (κ1) is 22.8. The first-order valence-electron chi connectivity index (χ1n) is 9.97. The number of carbonyl (C=O) groups is 2. The number of ether oxygens (including phenoxy) is 2. The Bertz CT molecular complexity index is 979. The fraction of sp³-hybridized carbons (Fsp3) is 0.348. The Morgan fingerprint density at radius 3 is 2.65 bits per heavy atom. The quantitative estimate of drug-likeness (QED) is 0.625. The van der Waals surface area contributed by atoms with E-state index in [-0.39, 0.29) is 24.4 Å². The van der Waals surface area contributed by atoms with Crippen molar-refractivity contribution in [1.82, 2.24) is 9.91 Å². The molecular formula is C23H26ClN3O4. The Morgan fingerprint density at radius 2 is 1.97 bits per heavy atom. The van der Waals surface area contributed by atoms with Crippen LogP contribution in [0.3, 0.4) is 0 Å². The maximum atomic E-state index is 13.2. The van der Waals surface area contributed by atoms with Crippen molar-refractivity contribution in [3.63, 3.8) is 0 Å². The topological polar surface area (TPSA) is 71.4 Å². The SMILES string of the molecule is COCCN(CC(=O)N1N=C(c2cccc(OC)c2)C[C@H]1c1ccccc1Cl)C(C)=O. The van der Waals surface area contributed by atoms with E-state index in [1.165, 1.54) is 16.8 Å². The van der Waals surface area contributed by atoms with Gasteiger partial charge in [-0.05, 0) is 23.8 Å². The van der Waals surface area contributed by atoms with Gasteiger partial charge < -0.3 is 14.4 Å². The number of hydrogen-bond donors (Lipinski definition) is 0. The van der Waals surface area contributed by atoms with Gasteiger partial charge in [-0.1, -0.05) is 41.9 Å². The molecule has 2 amide bonds. The molecule has 164 valence electrons. The third-order valence-electron chi connectivity index (χ3n) is 5.17. The summed E-state index contributed by atoms with van der Waals surface area (Å²) in [5.41, 5.74) is 2.43. The maximum absolute atomic E-state index is 13.2. The summed E-state index contributed by atoms with van der Waals surface area (Å²) in [6.07, 6.45) is 0.501.